The van der Waals surface area contributed by atoms with Crippen LogP contribution in [0.15, 0.2) is 0 Å². The summed E-state index contributed by atoms with van der Waals surface area (Å²) in [6.45, 7) is 7.34. The van der Waals surface area contributed by atoms with Gasteiger partial charge in [0.2, 0.25) is 10.0 Å². The van der Waals surface area contributed by atoms with E-state index in [-0.39, 0.29) is 11.2 Å². The molecule has 1 rings (SSSR count). The van der Waals surface area contributed by atoms with E-state index in [9.17, 15) is 8.42 Å². The van der Waals surface area contributed by atoms with E-state index in [4.69, 9.17) is 0 Å². The van der Waals surface area contributed by atoms with Gasteiger partial charge in [-0.05, 0) is 18.3 Å². The summed E-state index contributed by atoms with van der Waals surface area (Å²) < 4.78 is 26.5. The summed E-state index contributed by atoms with van der Waals surface area (Å²) in [5.74, 6) is 0.168. The Bertz CT molecular complexity index is 333. The monoisotopic (exact) mass is 276 g/mol. The Balaban J connectivity index is 2.32. The summed E-state index contributed by atoms with van der Waals surface area (Å²) in [5.41, 5.74) is 0.163. The average molecular weight is 276 g/mol. The summed E-state index contributed by atoms with van der Waals surface area (Å²) in [4.78, 5) is 0. The molecule has 0 aromatic heterocycles. The highest BCUT2D eigenvalue weighted by Gasteiger charge is 2.28. The number of hydrogen-bond donors (Lipinski definition) is 2. The fourth-order valence-corrected chi connectivity index (χ4v) is 3.52. The maximum atomic E-state index is 11.8. The molecule has 18 heavy (non-hydrogen) atoms. The molecule has 0 saturated heterocycles. The normalized spacial score (nSPS) is 20.2. The lowest BCUT2D eigenvalue weighted by Gasteiger charge is -2.33. The largest absolute Gasteiger partial charge is 0.313 e. The number of sulfonamides is 1. The quantitative estimate of drug-likeness (QED) is 0.746. The van der Waals surface area contributed by atoms with E-state index in [1.807, 2.05) is 13.8 Å². The molecule has 0 heterocycles. The zero-order chi connectivity index (χ0) is 13.6. The molecule has 0 aliphatic heterocycles. The van der Waals surface area contributed by atoms with Gasteiger partial charge in [-0.1, -0.05) is 40.0 Å². The van der Waals surface area contributed by atoms with Gasteiger partial charge < -0.3 is 5.32 Å². The number of rotatable bonds is 7. The fraction of sp³-hybridized carbons (Fsp3) is 1.00. The second-order valence-electron chi connectivity index (χ2n) is 6.12. The topological polar surface area (TPSA) is 58.2 Å². The van der Waals surface area contributed by atoms with E-state index in [0.717, 1.165) is 12.8 Å². The minimum atomic E-state index is -3.13. The molecule has 0 aromatic carbocycles. The van der Waals surface area contributed by atoms with Crippen LogP contribution in [0.1, 0.15) is 52.9 Å². The Morgan fingerprint density at radius 1 is 1.17 bits per heavy atom. The van der Waals surface area contributed by atoms with Crippen LogP contribution in [0.3, 0.4) is 0 Å². The minimum Gasteiger partial charge on any atom is -0.313 e. The summed E-state index contributed by atoms with van der Waals surface area (Å²) in [7, 11) is -3.13. The molecule has 0 aromatic rings. The zero-order valence-corrected chi connectivity index (χ0v) is 12.8. The standard InChI is InChI=1S/C13H28N2O2S/c1-12(2)14-9-10-18(16,17)15-11-13(3)7-5-4-6-8-13/h12,14-15H,4-11H2,1-3H3. The van der Waals surface area contributed by atoms with E-state index < -0.39 is 10.0 Å². The van der Waals surface area contributed by atoms with Crippen molar-refractivity contribution in [3.8, 4) is 0 Å². The third-order valence-corrected chi connectivity index (χ3v) is 5.03. The molecule has 2 N–H and O–H groups in total. The lowest BCUT2D eigenvalue weighted by atomic mass is 9.76. The van der Waals surface area contributed by atoms with Crippen molar-refractivity contribution >= 4 is 10.0 Å². The van der Waals surface area contributed by atoms with Gasteiger partial charge in [-0.3, -0.25) is 0 Å². The van der Waals surface area contributed by atoms with E-state index in [1.54, 1.807) is 0 Å². The van der Waals surface area contributed by atoms with Crippen molar-refractivity contribution in [2.75, 3.05) is 18.8 Å². The SMILES string of the molecule is CC(C)NCCS(=O)(=O)NCC1(C)CCCCC1. The van der Waals surface area contributed by atoms with Crippen LogP contribution in [0.5, 0.6) is 0 Å². The van der Waals surface area contributed by atoms with Gasteiger partial charge in [-0.2, -0.15) is 0 Å². The maximum absolute atomic E-state index is 11.8. The highest BCUT2D eigenvalue weighted by atomic mass is 32.2. The molecule has 108 valence electrons. The van der Waals surface area contributed by atoms with Crippen molar-refractivity contribution < 1.29 is 8.42 Å². The number of hydrogen-bond acceptors (Lipinski definition) is 3. The Morgan fingerprint density at radius 3 is 2.33 bits per heavy atom. The van der Waals surface area contributed by atoms with Gasteiger partial charge in [-0.25, -0.2) is 13.1 Å². The molecule has 0 bridgehead atoms. The van der Waals surface area contributed by atoms with Crippen molar-refractivity contribution in [2.45, 2.75) is 58.9 Å². The molecule has 0 atom stereocenters. The predicted octanol–water partition coefficient (Wildman–Crippen LogP) is 1.87. The van der Waals surface area contributed by atoms with E-state index >= 15 is 0 Å². The molecule has 0 unspecified atom stereocenters. The molecule has 1 aliphatic rings. The van der Waals surface area contributed by atoms with Crippen molar-refractivity contribution in [3.63, 3.8) is 0 Å². The highest BCUT2D eigenvalue weighted by Crippen LogP contribution is 2.34. The van der Waals surface area contributed by atoms with Crippen molar-refractivity contribution in [1.82, 2.24) is 10.0 Å². The van der Waals surface area contributed by atoms with Crippen LogP contribution in [-0.2, 0) is 10.0 Å². The van der Waals surface area contributed by atoms with Crippen LogP contribution in [0.2, 0.25) is 0 Å². The zero-order valence-electron chi connectivity index (χ0n) is 12.0. The first-order valence-electron chi connectivity index (χ1n) is 7.04. The Labute approximate surface area is 112 Å². The number of nitrogens with one attached hydrogen (secondary N) is 2. The first kappa shape index (κ1) is 15.9. The molecule has 1 aliphatic carbocycles. The Hall–Kier alpha value is -0.130. The summed E-state index contributed by atoms with van der Waals surface area (Å²) in [6, 6.07) is 0.330. The molecule has 5 heteroatoms. The second-order valence-corrected chi connectivity index (χ2v) is 8.05. The van der Waals surface area contributed by atoms with Gasteiger partial charge in [-0.15, -0.1) is 0 Å². The first-order valence-corrected chi connectivity index (χ1v) is 8.69. The van der Waals surface area contributed by atoms with Gasteiger partial charge in [0.25, 0.3) is 0 Å². The summed E-state index contributed by atoms with van der Waals surface area (Å²) in [6.07, 6.45) is 6.03. The van der Waals surface area contributed by atoms with Crippen LogP contribution in [0.4, 0.5) is 0 Å². The molecule has 0 radical (unpaired) electrons. The second kappa shape index (κ2) is 6.87. The summed E-state index contributed by atoms with van der Waals surface area (Å²) >= 11 is 0. The van der Waals surface area contributed by atoms with Gasteiger partial charge in [0, 0.05) is 19.1 Å². The Morgan fingerprint density at radius 2 is 1.78 bits per heavy atom. The third kappa shape index (κ3) is 6.16. The molecule has 0 amide bonds. The predicted molar refractivity (Wildman–Crippen MR) is 76.1 cm³/mol. The van der Waals surface area contributed by atoms with Gasteiger partial charge in [0.05, 0.1) is 5.75 Å². The molecule has 1 fully saturated rings. The highest BCUT2D eigenvalue weighted by molar-refractivity contribution is 7.89. The van der Waals surface area contributed by atoms with Crippen molar-refractivity contribution in [1.29, 1.82) is 0 Å². The summed E-state index contributed by atoms with van der Waals surface area (Å²) in [5, 5.41) is 3.13. The molecule has 0 spiro atoms. The van der Waals surface area contributed by atoms with Crippen LogP contribution >= 0.6 is 0 Å². The van der Waals surface area contributed by atoms with E-state index in [2.05, 4.69) is 17.0 Å². The lowest BCUT2D eigenvalue weighted by molar-refractivity contribution is 0.219. The van der Waals surface area contributed by atoms with Gasteiger partial charge in [0.1, 0.15) is 0 Å². The molecular weight excluding hydrogens is 248 g/mol. The maximum Gasteiger partial charge on any atom is 0.212 e. The average Bonchev–Trinajstić information content (AvgIpc) is 2.27. The van der Waals surface area contributed by atoms with Crippen LogP contribution < -0.4 is 10.0 Å². The van der Waals surface area contributed by atoms with Crippen molar-refractivity contribution in [2.24, 2.45) is 5.41 Å². The Kier molecular flexibility index (Phi) is 6.08. The van der Waals surface area contributed by atoms with Crippen LogP contribution in [0.25, 0.3) is 0 Å². The van der Waals surface area contributed by atoms with E-state index in [1.165, 1.54) is 19.3 Å². The molecular formula is C13H28N2O2S. The molecule has 1 saturated carbocycles. The van der Waals surface area contributed by atoms with Crippen LogP contribution in [0, 0.1) is 5.41 Å². The first-order chi connectivity index (χ1) is 8.33. The van der Waals surface area contributed by atoms with E-state index in [0.29, 0.717) is 19.1 Å². The van der Waals surface area contributed by atoms with Crippen molar-refractivity contribution in [3.05, 3.63) is 0 Å². The van der Waals surface area contributed by atoms with Crippen LogP contribution in [-0.4, -0.2) is 33.3 Å². The van der Waals surface area contributed by atoms with Gasteiger partial charge >= 0.3 is 0 Å². The molecule has 4 nitrogen and oxygen atoms in total. The minimum absolute atomic E-state index is 0.163. The van der Waals surface area contributed by atoms with Gasteiger partial charge in [0.15, 0.2) is 0 Å². The third-order valence-electron chi connectivity index (χ3n) is 3.70. The fourth-order valence-electron chi connectivity index (χ4n) is 2.42. The lowest BCUT2D eigenvalue weighted by Crippen LogP contribution is -2.40. The smallest absolute Gasteiger partial charge is 0.212 e.